The second kappa shape index (κ2) is 7.93. The Morgan fingerprint density at radius 1 is 1.06 bits per heavy atom. The zero-order valence-corrected chi connectivity index (χ0v) is 18.2. The number of hydrogen-bond acceptors (Lipinski definition) is 4. The van der Waals surface area contributed by atoms with E-state index in [0.29, 0.717) is 29.4 Å². The molecule has 0 amide bonds. The number of rotatable bonds is 5. The van der Waals surface area contributed by atoms with E-state index < -0.39 is 0 Å². The molecule has 0 bridgehead atoms. The summed E-state index contributed by atoms with van der Waals surface area (Å²) in [5, 5.41) is 1.08. The molecule has 5 heteroatoms. The van der Waals surface area contributed by atoms with Gasteiger partial charge in [-0.25, -0.2) is 0 Å². The molecule has 0 spiro atoms. The number of hydrogen-bond donors (Lipinski definition) is 0. The van der Waals surface area contributed by atoms with E-state index in [1.807, 2.05) is 79.3 Å². The second-order valence-corrected chi connectivity index (χ2v) is 7.87. The Labute approximate surface area is 186 Å². The summed E-state index contributed by atoms with van der Waals surface area (Å²) in [6.45, 7) is 2.26. The Kier molecular flexibility index (Phi) is 4.94. The van der Waals surface area contributed by atoms with Crippen molar-refractivity contribution in [1.29, 1.82) is 0 Å². The minimum atomic E-state index is -0.110. The van der Waals surface area contributed by atoms with Crippen LogP contribution in [0.3, 0.4) is 0 Å². The number of Topliss-reactive ketones (excluding diaryl/α,β-unsaturated/α-hetero) is 1. The number of aryl methyl sites for hydroxylation is 2. The molecule has 1 aromatic heterocycles. The molecule has 3 aromatic carbocycles. The number of aromatic nitrogens is 1. The largest absolute Gasteiger partial charge is 0.496 e. The van der Waals surface area contributed by atoms with Gasteiger partial charge in [0.25, 0.3) is 0 Å². The first-order valence-electron chi connectivity index (χ1n) is 10.4. The van der Waals surface area contributed by atoms with Crippen molar-refractivity contribution in [2.24, 2.45) is 7.05 Å². The van der Waals surface area contributed by atoms with Crippen molar-refractivity contribution >= 4 is 22.8 Å². The van der Waals surface area contributed by atoms with Gasteiger partial charge < -0.3 is 18.8 Å². The molecular formula is C27H23NO4. The normalized spacial score (nSPS) is 14.0. The third-order valence-electron chi connectivity index (χ3n) is 5.74. The number of fused-ring (bicyclic) bond motifs is 2. The van der Waals surface area contributed by atoms with E-state index in [4.69, 9.17) is 14.2 Å². The summed E-state index contributed by atoms with van der Waals surface area (Å²) in [6, 6.07) is 19.5. The van der Waals surface area contributed by atoms with Crippen LogP contribution in [0.4, 0.5) is 0 Å². The molecular weight excluding hydrogens is 402 g/mol. The third kappa shape index (κ3) is 3.42. The fourth-order valence-corrected chi connectivity index (χ4v) is 4.17. The number of benzene rings is 3. The predicted molar refractivity (Wildman–Crippen MR) is 124 cm³/mol. The number of methoxy groups -OCH3 is 1. The molecule has 32 heavy (non-hydrogen) atoms. The summed E-state index contributed by atoms with van der Waals surface area (Å²) >= 11 is 0. The van der Waals surface area contributed by atoms with Gasteiger partial charge in [-0.15, -0.1) is 0 Å². The van der Waals surface area contributed by atoms with E-state index in [1.54, 1.807) is 13.2 Å². The maximum absolute atomic E-state index is 13.1. The molecule has 4 aromatic rings. The molecule has 0 fully saturated rings. The van der Waals surface area contributed by atoms with Crippen molar-refractivity contribution in [2.45, 2.75) is 13.5 Å². The monoisotopic (exact) mass is 425 g/mol. The number of carbonyl (C=O) groups is 1. The van der Waals surface area contributed by atoms with Gasteiger partial charge in [0.1, 0.15) is 23.9 Å². The Balaban J connectivity index is 1.43. The number of ketones is 1. The number of allylic oxidation sites excluding steroid dienone is 1. The molecule has 0 saturated heterocycles. The molecule has 0 saturated carbocycles. The molecule has 0 radical (unpaired) electrons. The summed E-state index contributed by atoms with van der Waals surface area (Å²) < 4.78 is 19.4. The first-order chi connectivity index (χ1) is 15.5. The lowest BCUT2D eigenvalue weighted by atomic mass is 10.0. The van der Waals surface area contributed by atoms with Crippen LogP contribution in [-0.4, -0.2) is 17.5 Å². The van der Waals surface area contributed by atoms with Crippen LogP contribution in [0.15, 0.2) is 72.6 Å². The Hall–Kier alpha value is -3.99. The standard InChI is InChI=1S/C27H23NO4/c1-17-12-20(31-16-18-8-4-7-11-23(18)30-3)14-24-26(17)27(29)25(32-24)13-19-15-28(2)22-10-6-5-9-21(19)22/h4-15H,16H2,1-3H3/b25-13-. The summed E-state index contributed by atoms with van der Waals surface area (Å²) in [5.74, 6) is 2.16. The number of carbonyl (C=O) groups excluding carboxylic acids is 1. The van der Waals surface area contributed by atoms with Gasteiger partial charge in [-0.1, -0.05) is 36.4 Å². The Bertz CT molecular complexity index is 1380. The van der Waals surface area contributed by atoms with E-state index in [9.17, 15) is 4.79 Å². The highest BCUT2D eigenvalue weighted by Gasteiger charge is 2.30. The van der Waals surface area contributed by atoms with Crippen LogP contribution >= 0.6 is 0 Å². The lowest BCUT2D eigenvalue weighted by Gasteiger charge is -2.11. The van der Waals surface area contributed by atoms with Crippen molar-refractivity contribution in [3.63, 3.8) is 0 Å². The molecule has 0 unspecified atom stereocenters. The highest BCUT2D eigenvalue weighted by Crippen LogP contribution is 2.38. The lowest BCUT2D eigenvalue weighted by Crippen LogP contribution is -2.00. The smallest absolute Gasteiger partial charge is 0.232 e. The van der Waals surface area contributed by atoms with E-state index in [0.717, 1.165) is 33.3 Å². The average molecular weight is 425 g/mol. The third-order valence-corrected chi connectivity index (χ3v) is 5.74. The molecule has 1 aliphatic heterocycles. The summed E-state index contributed by atoms with van der Waals surface area (Å²) in [6.07, 6.45) is 3.82. The number of nitrogens with zero attached hydrogens (tertiary/aromatic N) is 1. The fourth-order valence-electron chi connectivity index (χ4n) is 4.17. The number of para-hydroxylation sites is 2. The first kappa shape index (κ1) is 19.9. The van der Waals surface area contributed by atoms with Gasteiger partial charge in [0.2, 0.25) is 5.78 Å². The van der Waals surface area contributed by atoms with Gasteiger partial charge in [0.15, 0.2) is 5.76 Å². The molecule has 0 N–H and O–H groups in total. The highest BCUT2D eigenvalue weighted by atomic mass is 16.5. The molecule has 2 heterocycles. The van der Waals surface area contributed by atoms with Crippen LogP contribution in [0.25, 0.3) is 17.0 Å². The van der Waals surface area contributed by atoms with Crippen molar-refractivity contribution < 1.29 is 19.0 Å². The maximum Gasteiger partial charge on any atom is 0.232 e. The van der Waals surface area contributed by atoms with Crippen molar-refractivity contribution in [2.75, 3.05) is 7.11 Å². The maximum atomic E-state index is 13.1. The zero-order valence-electron chi connectivity index (χ0n) is 18.2. The fraction of sp³-hybridized carbons (Fsp3) is 0.148. The van der Waals surface area contributed by atoms with E-state index >= 15 is 0 Å². The van der Waals surface area contributed by atoms with Gasteiger partial charge in [-0.05, 0) is 36.8 Å². The van der Waals surface area contributed by atoms with Crippen LogP contribution in [-0.2, 0) is 13.7 Å². The first-order valence-corrected chi connectivity index (χ1v) is 10.4. The molecule has 5 nitrogen and oxygen atoms in total. The van der Waals surface area contributed by atoms with E-state index in [1.165, 1.54) is 0 Å². The van der Waals surface area contributed by atoms with Gasteiger partial charge in [0.05, 0.1) is 12.7 Å². The second-order valence-electron chi connectivity index (χ2n) is 7.87. The van der Waals surface area contributed by atoms with Crippen molar-refractivity contribution in [3.8, 4) is 17.2 Å². The van der Waals surface area contributed by atoms with Crippen LogP contribution in [0, 0.1) is 6.92 Å². The topological polar surface area (TPSA) is 49.7 Å². The van der Waals surface area contributed by atoms with Gasteiger partial charge in [0, 0.05) is 41.3 Å². The summed E-state index contributed by atoms with van der Waals surface area (Å²) in [5.41, 5.74) is 4.40. The van der Waals surface area contributed by atoms with Gasteiger partial charge in [-0.2, -0.15) is 0 Å². The Morgan fingerprint density at radius 2 is 1.84 bits per heavy atom. The van der Waals surface area contributed by atoms with Crippen molar-refractivity contribution in [3.05, 3.63) is 94.9 Å². The minimum Gasteiger partial charge on any atom is -0.496 e. The van der Waals surface area contributed by atoms with Crippen LogP contribution in [0.1, 0.15) is 27.0 Å². The summed E-state index contributed by atoms with van der Waals surface area (Å²) in [7, 11) is 3.63. The quantitative estimate of drug-likeness (QED) is 0.386. The van der Waals surface area contributed by atoms with Gasteiger partial charge >= 0.3 is 0 Å². The molecule has 160 valence electrons. The molecule has 5 rings (SSSR count). The number of ether oxygens (including phenoxy) is 3. The molecule has 1 aliphatic rings. The molecule has 0 aliphatic carbocycles. The predicted octanol–water partition coefficient (Wildman–Crippen LogP) is 5.69. The van der Waals surface area contributed by atoms with Crippen LogP contribution < -0.4 is 14.2 Å². The van der Waals surface area contributed by atoms with Crippen LogP contribution in [0.5, 0.6) is 17.2 Å². The van der Waals surface area contributed by atoms with E-state index in [2.05, 4.69) is 6.07 Å². The SMILES string of the molecule is COc1ccccc1COc1cc(C)c2c(c1)O/C(=C\c1cn(C)c3ccccc13)C2=O. The van der Waals surface area contributed by atoms with Gasteiger partial charge in [-0.3, -0.25) is 4.79 Å². The Morgan fingerprint density at radius 3 is 2.69 bits per heavy atom. The minimum absolute atomic E-state index is 0.110. The lowest BCUT2D eigenvalue weighted by molar-refractivity contribution is 0.101. The van der Waals surface area contributed by atoms with E-state index in [-0.39, 0.29) is 5.78 Å². The highest BCUT2D eigenvalue weighted by molar-refractivity contribution is 6.16. The van der Waals surface area contributed by atoms with Crippen molar-refractivity contribution in [1.82, 2.24) is 4.57 Å². The zero-order chi connectivity index (χ0) is 22.2. The molecule has 0 atom stereocenters. The van der Waals surface area contributed by atoms with Crippen LogP contribution in [0.2, 0.25) is 0 Å². The summed E-state index contributed by atoms with van der Waals surface area (Å²) in [4.78, 5) is 13.1. The average Bonchev–Trinajstić information content (AvgIpc) is 3.29.